The first kappa shape index (κ1) is 16.7. The van der Waals surface area contributed by atoms with Crippen LogP contribution in [-0.4, -0.2) is 34.1 Å². The molecule has 0 aliphatic carbocycles. The van der Waals surface area contributed by atoms with Gasteiger partial charge in [0.25, 0.3) is 0 Å². The monoisotopic (exact) mass is 311 g/mol. The van der Waals surface area contributed by atoms with Gasteiger partial charge in [-0.25, -0.2) is 4.79 Å². The number of carboxylic acids is 2. The summed E-state index contributed by atoms with van der Waals surface area (Å²) in [7, 11) is 0. The number of halogens is 1. The Morgan fingerprint density at radius 2 is 2.00 bits per heavy atom. The summed E-state index contributed by atoms with van der Waals surface area (Å²) in [4.78, 5) is 33.0. The van der Waals surface area contributed by atoms with E-state index < -0.39 is 23.9 Å². The van der Waals surface area contributed by atoms with Crippen LogP contribution in [0.15, 0.2) is 30.3 Å². The molecular weight excluding hydrogens is 298 g/mol. The second-order valence-electron chi connectivity index (χ2n) is 4.22. The molecule has 0 saturated heterocycles. The Hall–Kier alpha value is -2.34. The topological polar surface area (TPSA) is 104 Å². The fourth-order valence-corrected chi connectivity index (χ4v) is 1.73. The molecular formula is C14H14ClNO5. The Morgan fingerprint density at radius 3 is 2.57 bits per heavy atom. The summed E-state index contributed by atoms with van der Waals surface area (Å²) in [6.45, 7) is 0. The number of carbonyl (C=O) groups is 3. The summed E-state index contributed by atoms with van der Waals surface area (Å²) in [5.74, 6) is -3.02. The van der Waals surface area contributed by atoms with Crippen LogP contribution in [0, 0.1) is 0 Å². The Morgan fingerprint density at radius 1 is 1.29 bits per heavy atom. The Labute approximate surface area is 126 Å². The second-order valence-corrected chi connectivity index (χ2v) is 4.66. The van der Waals surface area contributed by atoms with Gasteiger partial charge in [0, 0.05) is 17.5 Å². The van der Waals surface area contributed by atoms with Gasteiger partial charge in [-0.15, -0.1) is 0 Å². The molecule has 21 heavy (non-hydrogen) atoms. The molecule has 0 unspecified atom stereocenters. The van der Waals surface area contributed by atoms with Crippen LogP contribution in [0.5, 0.6) is 0 Å². The molecule has 0 radical (unpaired) electrons. The number of aliphatic carboxylic acids is 2. The normalized spacial score (nSPS) is 12.0. The number of benzene rings is 1. The standard InChI is InChI=1S/C14H14ClNO5/c15-10-3-1-2-9(8-10)4-6-12(17)16-11(14(20)21)5-7-13(18)19/h1-4,6,8,11H,5,7H2,(H,16,17)(H,18,19)(H,20,21)/b6-4+/t11-/m0/s1. The molecule has 3 N–H and O–H groups in total. The van der Waals surface area contributed by atoms with Gasteiger partial charge in [-0.05, 0) is 30.2 Å². The smallest absolute Gasteiger partial charge is 0.326 e. The van der Waals surface area contributed by atoms with E-state index in [0.717, 1.165) is 0 Å². The first-order valence-corrected chi connectivity index (χ1v) is 6.45. The van der Waals surface area contributed by atoms with E-state index in [1.165, 1.54) is 12.2 Å². The minimum Gasteiger partial charge on any atom is -0.481 e. The van der Waals surface area contributed by atoms with Crippen LogP contribution in [0.4, 0.5) is 0 Å². The number of hydrogen-bond donors (Lipinski definition) is 3. The van der Waals surface area contributed by atoms with E-state index in [1.54, 1.807) is 24.3 Å². The summed E-state index contributed by atoms with van der Waals surface area (Å²) in [5, 5.41) is 20.2. The highest BCUT2D eigenvalue weighted by Crippen LogP contribution is 2.11. The molecule has 1 aromatic rings. The highest BCUT2D eigenvalue weighted by molar-refractivity contribution is 6.30. The third-order valence-corrected chi connectivity index (χ3v) is 2.77. The maximum atomic E-state index is 11.6. The van der Waals surface area contributed by atoms with Crippen molar-refractivity contribution < 1.29 is 24.6 Å². The van der Waals surface area contributed by atoms with Gasteiger partial charge < -0.3 is 15.5 Å². The first-order chi connectivity index (χ1) is 9.88. The molecule has 1 aromatic carbocycles. The van der Waals surface area contributed by atoms with Gasteiger partial charge in [0.05, 0.1) is 0 Å². The molecule has 0 aliphatic rings. The molecule has 0 spiro atoms. The lowest BCUT2D eigenvalue weighted by atomic mass is 10.1. The highest BCUT2D eigenvalue weighted by atomic mass is 35.5. The lowest BCUT2D eigenvalue weighted by Crippen LogP contribution is -2.40. The number of carboxylic acid groups (broad SMARTS) is 2. The van der Waals surface area contributed by atoms with E-state index in [0.29, 0.717) is 10.6 Å². The molecule has 1 amide bonds. The van der Waals surface area contributed by atoms with Gasteiger partial charge >= 0.3 is 11.9 Å². The van der Waals surface area contributed by atoms with Gasteiger partial charge in [0.1, 0.15) is 6.04 Å². The maximum Gasteiger partial charge on any atom is 0.326 e. The average Bonchev–Trinajstić information content (AvgIpc) is 2.40. The molecule has 7 heteroatoms. The van der Waals surface area contributed by atoms with E-state index in [-0.39, 0.29) is 12.8 Å². The van der Waals surface area contributed by atoms with Gasteiger partial charge in [-0.2, -0.15) is 0 Å². The predicted molar refractivity (Wildman–Crippen MR) is 76.9 cm³/mol. The van der Waals surface area contributed by atoms with Crippen molar-refractivity contribution >= 4 is 35.5 Å². The molecule has 0 saturated carbocycles. The third-order valence-electron chi connectivity index (χ3n) is 2.54. The summed E-state index contributed by atoms with van der Waals surface area (Å²) >= 11 is 5.79. The van der Waals surface area contributed by atoms with E-state index in [2.05, 4.69) is 5.32 Å². The van der Waals surface area contributed by atoms with Crippen LogP contribution in [0.25, 0.3) is 6.08 Å². The van der Waals surface area contributed by atoms with E-state index in [4.69, 9.17) is 21.8 Å². The zero-order valence-electron chi connectivity index (χ0n) is 11.0. The van der Waals surface area contributed by atoms with Gasteiger partial charge in [0.2, 0.25) is 5.91 Å². The molecule has 112 valence electrons. The van der Waals surface area contributed by atoms with Crippen LogP contribution in [-0.2, 0) is 14.4 Å². The van der Waals surface area contributed by atoms with Crippen molar-refractivity contribution in [2.24, 2.45) is 0 Å². The zero-order valence-corrected chi connectivity index (χ0v) is 11.7. The molecule has 0 aliphatic heterocycles. The number of rotatable bonds is 7. The predicted octanol–water partition coefficient (Wildman–Crippen LogP) is 1.79. The largest absolute Gasteiger partial charge is 0.481 e. The second kappa shape index (κ2) is 8.06. The molecule has 0 heterocycles. The quantitative estimate of drug-likeness (QED) is 0.666. The maximum absolute atomic E-state index is 11.6. The van der Waals surface area contributed by atoms with E-state index in [9.17, 15) is 14.4 Å². The van der Waals surface area contributed by atoms with Crippen molar-refractivity contribution in [3.63, 3.8) is 0 Å². The molecule has 1 atom stereocenters. The van der Waals surface area contributed by atoms with Crippen LogP contribution < -0.4 is 5.32 Å². The zero-order chi connectivity index (χ0) is 15.8. The minimum absolute atomic E-state index is 0.179. The van der Waals surface area contributed by atoms with Crippen LogP contribution in [0.1, 0.15) is 18.4 Å². The van der Waals surface area contributed by atoms with Crippen molar-refractivity contribution in [2.45, 2.75) is 18.9 Å². The molecule has 0 fully saturated rings. The highest BCUT2D eigenvalue weighted by Gasteiger charge is 2.19. The van der Waals surface area contributed by atoms with Crippen LogP contribution >= 0.6 is 11.6 Å². The average molecular weight is 312 g/mol. The van der Waals surface area contributed by atoms with E-state index in [1.807, 2.05) is 0 Å². The number of hydrogen-bond acceptors (Lipinski definition) is 3. The van der Waals surface area contributed by atoms with Gasteiger partial charge in [-0.3, -0.25) is 9.59 Å². The van der Waals surface area contributed by atoms with Gasteiger partial charge in [0.15, 0.2) is 0 Å². The van der Waals surface area contributed by atoms with Gasteiger partial charge in [-0.1, -0.05) is 23.7 Å². The Balaban J connectivity index is 2.61. The van der Waals surface area contributed by atoms with Crippen molar-refractivity contribution in [1.29, 1.82) is 0 Å². The SMILES string of the molecule is O=C(O)CC[C@H](NC(=O)/C=C/c1cccc(Cl)c1)C(=O)O. The van der Waals surface area contributed by atoms with Crippen LogP contribution in [0.3, 0.4) is 0 Å². The summed E-state index contributed by atoms with van der Waals surface area (Å²) in [5.41, 5.74) is 0.690. The fourth-order valence-electron chi connectivity index (χ4n) is 1.53. The summed E-state index contributed by atoms with van der Waals surface area (Å²) in [6, 6.07) is 5.54. The lowest BCUT2D eigenvalue weighted by molar-refractivity contribution is -0.142. The lowest BCUT2D eigenvalue weighted by Gasteiger charge is -2.11. The molecule has 0 aromatic heterocycles. The molecule has 0 bridgehead atoms. The fraction of sp³-hybridized carbons (Fsp3) is 0.214. The molecule has 6 nitrogen and oxygen atoms in total. The summed E-state index contributed by atoms with van der Waals surface area (Å²) < 4.78 is 0. The van der Waals surface area contributed by atoms with E-state index >= 15 is 0 Å². The van der Waals surface area contributed by atoms with Crippen molar-refractivity contribution in [3.05, 3.63) is 40.9 Å². The van der Waals surface area contributed by atoms with Crippen molar-refractivity contribution in [2.75, 3.05) is 0 Å². The Kier molecular flexibility index (Phi) is 6.42. The van der Waals surface area contributed by atoms with Crippen molar-refractivity contribution in [3.8, 4) is 0 Å². The molecule has 1 rings (SSSR count). The summed E-state index contributed by atoms with van der Waals surface area (Å²) in [6.07, 6.45) is 2.14. The Bertz CT molecular complexity index is 570. The minimum atomic E-state index is -1.28. The number of amides is 1. The number of nitrogens with one attached hydrogen (secondary N) is 1. The number of carbonyl (C=O) groups excluding carboxylic acids is 1. The van der Waals surface area contributed by atoms with Crippen molar-refractivity contribution in [1.82, 2.24) is 5.32 Å². The van der Waals surface area contributed by atoms with Crippen LogP contribution in [0.2, 0.25) is 5.02 Å². The third kappa shape index (κ3) is 6.58. The first-order valence-electron chi connectivity index (χ1n) is 6.07.